The third kappa shape index (κ3) is 3.06. The van der Waals surface area contributed by atoms with Crippen molar-refractivity contribution in [1.29, 1.82) is 0 Å². The fraction of sp³-hybridized carbons (Fsp3) is 0.636. The van der Waals surface area contributed by atoms with Gasteiger partial charge in [0.15, 0.2) is 0 Å². The maximum absolute atomic E-state index is 11.4. The van der Waals surface area contributed by atoms with Crippen LogP contribution in [0.15, 0.2) is 6.20 Å². The molecule has 0 spiro atoms. The molecule has 2 rings (SSSR count). The summed E-state index contributed by atoms with van der Waals surface area (Å²) in [4.78, 5) is 24.4. The molecular weight excluding hydrogens is 236 g/mol. The van der Waals surface area contributed by atoms with Gasteiger partial charge in [0.1, 0.15) is 12.2 Å². The molecule has 0 aliphatic carbocycles. The quantitative estimate of drug-likeness (QED) is 0.687. The lowest BCUT2D eigenvalue weighted by Crippen LogP contribution is -2.24. The number of aromatic nitrogens is 3. The van der Waals surface area contributed by atoms with Crippen LogP contribution in [0, 0.1) is 0 Å². The minimum atomic E-state index is -0.341. The van der Waals surface area contributed by atoms with E-state index >= 15 is 0 Å². The van der Waals surface area contributed by atoms with Crippen LogP contribution < -0.4 is 0 Å². The number of likely N-dealkylation sites (tertiary alicyclic amines) is 1. The van der Waals surface area contributed by atoms with Crippen molar-refractivity contribution in [2.75, 3.05) is 13.2 Å². The number of rotatable bonds is 5. The Morgan fingerprint density at radius 2 is 2.39 bits per heavy atom. The van der Waals surface area contributed by atoms with E-state index in [0.717, 1.165) is 13.0 Å². The van der Waals surface area contributed by atoms with Gasteiger partial charge in [-0.15, -0.1) is 5.10 Å². The predicted octanol–water partition coefficient (Wildman–Crippen LogP) is -0.0364. The SMILES string of the molecule is CCOC(=O)Cn1cc(CN2CCCC2=O)nn1. The second kappa shape index (κ2) is 5.61. The van der Waals surface area contributed by atoms with Crippen LogP contribution >= 0.6 is 0 Å². The van der Waals surface area contributed by atoms with Gasteiger partial charge in [-0.3, -0.25) is 9.59 Å². The molecular formula is C11H16N4O3. The molecule has 1 aliphatic rings. The minimum absolute atomic E-state index is 0.0504. The van der Waals surface area contributed by atoms with E-state index in [1.807, 2.05) is 0 Å². The van der Waals surface area contributed by atoms with Gasteiger partial charge < -0.3 is 9.64 Å². The number of nitrogens with zero attached hydrogens (tertiary/aromatic N) is 4. The number of carbonyl (C=O) groups is 2. The number of amides is 1. The Bertz CT molecular complexity index is 443. The van der Waals surface area contributed by atoms with Crippen LogP contribution in [0.3, 0.4) is 0 Å². The molecule has 1 aromatic heterocycles. The molecule has 0 unspecified atom stereocenters. The highest BCUT2D eigenvalue weighted by Crippen LogP contribution is 2.12. The minimum Gasteiger partial charge on any atom is -0.465 e. The Labute approximate surface area is 105 Å². The van der Waals surface area contributed by atoms with Crippen LogP contribution in [0.4, 0.5) is 0 Å². The highest BCUT2D eigenvalue weighted by atomic mass is 16.5. The summed E-state index contributed by atoms with van der Waals surface area (Å²) in [5.41, 5.74) is 0.689. The fourth-order valence-corrected chi connectivity index (χ4v) is 1.89. The zero-order valence-corrected chi connectivity index (χ0v) is 10.3. The monoisotopic (exact) mass is 252 g/mol. The van der Waals surface area contributed by atoms with E-state index in [1.54, 1.807) is 18.0 Å². The molecule has 1 aromatic rings. The van der Waals surface area contributed by atoms with E-state index < -0.39 is 0 Å². The molecule has 1 amide bonds. The number of hydrogen-bond acceptors (Lipinski definition) is 5. The molecule has 0 atom stereocenters. The summed E-state index contributed by atoms with van der Waals surface area (Å²) in [6, 6.07) is 0. The van der Waals surface area contributed by atoms with E-state index in [4.69, 9.17) is 4.74 Å². The molecule has 18 heavy (non-hydrogen) atoms. The molecule has 0 N–H and O–H groups in total. The van der Waals surface area contributed by atoms with Crippen LogP contribution in [0.2, 0.25) is 0 Å². The van der Waals surface area contributed by atoms with Gasteiger partial charge in [-0.1, -0.05) is 5.21 Å². The summed E-state index contributed by atoms with van der Waals surface area (Å²) in [5, 5.41) is 7.77. The van der Waals surface area contributed by atoms with Crippen molar-refractivity contribution >= 4 is 11.9 Å². The molecule has 1 aliphatic heterocycles. The third-order valence-corrected chi connectivity index (χ3v) is 2.71. The van der Waals surface area contributed by atoms with Crippen LogP contribution in [0.5, 0.6) is 0 Å². The van der Waals surface area contributed by atoms with Crippen LogP contribution in [-0.2, 0) is 27.4 Å². The van der Waals surface area contributed by atoms with Crippen LogP contribution in [0.1, 0.15) is 25.5 Å². The fourth-order valence-electron chi connectivity index (χ4n) is 1.89. The molecule has 0 aromatic carbocycles. The topological polar surface area (TPSA) is 77.3 Å². The smallest absolute Gasteiger partial charge is 0.327 e. The zero-order valence-electron chi connectivity index (χ0n) is 10.3. The normalized spacial score (nSPS) is 15.2. The Hall–Kier alpha value is -1.92. The van der Waals surface area contributed by atoms with Crippen molar-refractivity contribution in [1.82, 2.24) is 19.9 Å². The lowest BCUT2D eigenvalue weighted by molar-refractivity contribution is -0.144. The maximum atomic E-state index is 11.4. The molecule has 98 valence electrons. The molecule has 1 saturated heterocycles. The standard InChI is InChI=1S/C11H16N4O3/c1-2-18-11(17)8-15-7-9(12-13-15)6-14-5-3-4-10(14)16/h7H,2-6,8H2,1H3. The van der Waals surface area contributed by atoms with Crippen LogP contribution in [-0.4, -0.2) is 44.9 Å². The predicted molar refractivity (Wildman–Crippen MR) is 61.3 cm³/mol. The van der Waals surface area contributed by atoms with E-state index in [0.29, 0.717) is 25.3 Å². The number of ether oxygens (including phenoxy) is 1. The number of carbonyl (C=O) groups excluding carboxylic acids is 2. The maximum Gasteiger partial charge on any atom is 0.327 e. The molecule has 0 bridgehead atoms. The van der Waals surface area contributed by atoms with Crippen molar-refractivity contribution < 1.29 is 14.3 Å². The lowest BCUT2D eigenvalue weighted by Gasteiger charge is -2.12. The van der Waals surface area contributed by atoms with Gasteiger partial charge in [-0.25, -0.2) is 4.68 Å². The van der Waals surface area contributed by atoms with Crippen molar-refractivity contribution in [2.24, 2.45) is 0 Å². The van der Waals surface area contributed by atoms with Crippen molar-refractivity contribution in [2.45, 2.75) is 32.9 Å². The van der Waals surface area contributed by atoms with E-state index in [1.165, 1.54) is 4.68 Å². The van der Waals surface area contributed by atoms with E-state index in [9.17, 15) is 9.59 Å². The van der Waals surface area contributed by atoms with Gasteiger partial charge in [-0.05, 0) is 13.3 Å². The van der Waals surface area contributed by atoms with Gasteiger partial charge in [0.2, 0.25) is 5.91 Å². The molecule has 7 heteroatoms. The summed E-state index contributed by atoms with van der Waals surface area (Å²) >= 11 is 0. The first-order chi connectivity index (χ1) is 8.69. The summed E-state index contributed by atoms with van der Waals surface area (Å²) in [5.74, 6) is -0.193. The highest BCUT2D eigenvalue weighted by molar-refractivity contribution is 5.77. The van der Waals surface area contributed by atoms with Gasteiger partial charge >= 0.3 is 5.97 Å². The van der Waals surface area contributed by atoms with Crippen molar-refractivity contribution in [3.05, 3.63) is 11.9 Å². The highest BCUT2D eigenvalue weighted by Gasteiger charge is 2.21. The Kier molecular flexibility index (Phi) is 3.91. The zero-order chi connectivity index (χ0) is 13.0. The van der Waals surface area contributed by atoms with Gasteiger partial charge in [0, 0.05) is 13.0 Å². The largest absolute Gasteiger partial charge is 0.465 e. The number of esters is 1. The molecule has 0 saturated carbocycles. The molecule has 1 fully saturated rings. The van der Waals surface area contributed by atoms with Gasteiger partial charge in [0.05, 0.1) is 19.3 Å². The van der Waals surface area contributed by atoms with E-state index in [-0.39, 0.29) is 18.4 Å². The Morgan fingerprint density at radius 1 is 1.56 bits per heavy atom. The number of hydrogen-bond donors (Lipinski definition) is 0. The Morgan fingerprint density at radius 3 is 3.06 bits per heavy atom. The molecule has 2 heterocycles. The first kappa shape index (κ1) is 12.5. The summed E-state index contributed by atoms with van der Waals surface area (Å²) in [6.45, 7) is 3.38. The van der Waals surface area contributed by atoms with E-state index in [2.05, 4.69) is 10.3 Å². The summed E-state index contributed by atoms with van der Waals surface area (Å²) < 4.78 is 6.24. The van der Waals surface area contributed by atoms with Crippen molar-refractivity contribution in [3.63, 3.8) is 0 Å². The second-order valence-electron chi connectivity index (χ2n) is 4.13. The molecule has 7 nitrogen and oxygen atoms in total. The summed E-state index contributed by atoms with van der Waals surface area (Å²) in [7, 11) is 0. The Balaban J connectivity index is 1.89. The van der Waals surface area contributed by atoms with Crippen LogP contribution in [0.25, 0.3) is 0 Å². The third-order valence-electron chi connectivity index (χ3n) is 2.71. The van der Waals surface area contributed by atoms with Crippen molar-refractivity contribution in [3.8, 4) is 0 Å². The first-order valence-corrected chi connectivity index (χ1v) is 6.01. The molecule has 0 radical (unpaired) electrons. The van der Waals surface area contributed by atoms with Gasteiger partial charge in [0.25, 0.3) is 0 Å². The average molecular weight is 252 g/mol. The second-order valence-corrected chi connectivity index (χ2v) is 4.13. The average Bonchev–Trinajstić information content (AvgIpc) is 2.90. The lowest BCUT2D eigenvalue weighted by atomic mass is 10.4. The first-order valence-electron chi connectivity index (χ1n) is 6.01. The summed E-state index contributed by atoms with van der Waals surface area (Å²) in [6.07, 6.45) is 3.18. The van der Waals surface area contributed by atoms with Gasteiger partial charge in [-0.2, -0.15) is 0 Å².